The average Bonchev–Trinajstić information content (AvgIpc) is 3.28. The van der Waals surface area contributed by atoms with Gasteiger partial charge < -0.3 is 5.11 Å². The number of nitrogens with zero attached hydrogens (tertiary/aromatic N) is 4. The summed E-state index contributed by atoms with van der Waals surface area (Å²) in [5.41, 5.74) is 8.05. The molecule has 1 unspecified atom stereocenters. The normalized spacial score (nSPS) is 17.0. The summed E-state index contributed by atoms with van der Waals surface area (Å²) in [7, 11) is 0. The zero-order valence-electron chi connectivity index (χ0n) is 20.0. The summed E-state index contributed by atoms with van der Waals surface area (Å²) in [6.07, 6.45) is 11.6. The van der Waals surface area contributed by atoms with Crippen LogP contribution in [0.25, 0.3) is 22.5 Å². The van der Waals surface area contributed by atoms with Crippen molar-refractivity contribution in [2.45, 2.75) is 63.7 Å². The molecule has 6 rings (SSSR count). The van der Waals surface area contributed by atoms with Gasteiger partial charge in [-0.05, 0) is 73.1 Å². The molecule has 2 heterocycles. The lowest BCUT2D eigenvalue weighted by Gasteiger charge is -2.15. The van der Waals surface area contributed by atoms with E-state index in [9.17, 15) is 9.90 Å². The van der Waals surface area contributed by atoms with Crippen LogP contribution in [0.15, 0.2) is 60.9 Å². The number of unbranched alkanes of at least 4 members (excludes halogenated alkanes) is 1. The summed E-state index contributed by atoms with van der Waals surface area (Å²) in [6, 6.07) is 16.8. The van der Waals surface area contributed by atoms with E-state index in [1.807, 2.05) is 23.0 Å². The van der Waals surface area contributed by atoms with Crippen LogP contribution in [0, 0.1) is 0 Å². The van der Waals surface area contributed by atoms with E-state index in [4.69, 9.17) is 5.10 Å². The van der Waals surface area contributed by atoms with Gasteiger partial charge in [-0.15, -0.1) is 0 Å². The smallest absolute Gasteiger partial charge is 0.339 e. The third kappa shape index (κ3) is 3.97. The van der Waals surface area contributed by atoms with Crippen LogP contribution >= 0.6 is 0 Å². The number of carboxylic acids is 1. The summed E-state index contributed by atoms with van der Waals surface area (Å²) in [4.78, 5) is 11.7. The van der Waals surface area contributed by atoms with Crippen molar-refractivity contribution in [3.63, 3.8) is 0 Å². The second-order valence-corrected chi connectivity index (χ2v) is 9.88. The number of hydrogen-bond donors (Lipinski definition) is 1. The highest BCUT2D eigenvalue weighted by atomic mass is 16.4. The van der Waals surface area contributed by atoms with E-state index < -0.39 is 5.97 Å². The number of hydrogen-bond acceptors (Lipinski definition) is 3. The summed E-state index contributed by atoms with van der Waals surface area (Å²) < 4.78 is 3.96. The minimum atomic E-state index is -0.911. The van der Waals surface area contributed by atoms with Crippen LogP contribution < -0.4 is 0 Å². The molecule has 1 atom stereocenters. The topological polar surface area (TPSA) is 72.9 Å². The number of fused-ring (bicyclic) bond motifs is 1. The van der Waals surface area contributed by atoms with Crippen molar-refractivity contribution in [2.75, 3.05) is 0 Å². The quantitative estimate of drug-likeness (QED) is 0.321. The maximum Gasteiger partial charge on any atom is 0.339 e. The Bertz CT molecular complexity index is 1400. The van der Waals surface area contributed by atoms with Gasteiger partial charge in [0.15, 0.2) is 0 Å². The molecule has 1 saturated carbocycles. The van der Waals surface area contributed by atoms with E-state index in [0.717, 1.165) is 47.5 Å². The monoisotopic (exact) mass is 466 g/mol. The van der Waals surface area contributed by atoms with E-state index >= 15 is 0 Å². The highest BCUT2D eigenvalue weighted by molar-refractivity contribution is 5.89. The van der Waals surface area contributed by atoms with Gasteiger partial charge in [0.05, 0.1) is 35.2 Å². The maximum absolute atomic E-state index is 11.7. The Hall–Kier alpha value is -3.67. The molecule has 35 heavy (non-hydrogen) atoms. The zero-order valence-corrected chi connectivity index (χ0v) is 20.0. The molecule has 6 nitrogen and oxygen atoms in total. The summed E-state index contributed by atoms with van der Waals surface area (Å²) in [6.45, 7) is 2.25. The molecule has 1 fully saturated rings. The van der Waals surface area contributed by atoms with Gasteiger partial charge in [0.1, 0.15) is 5.56 Å². The van der Waals surface area contributed by atoms with Gasteiger partial charge in [0.2, 0.25) is 0 Å². The van der Waals surface area contributed by atoms with E-state index in [1.165, 1.54) is 43.1 Å². The minimum absolute atomic E-state index is 0.276. The van der Waals surface area contributed by atoms with E-state index in [1.54, 1.807) is 0 Å². The molecule has 0 aliphatic heterocycles. The molecular weight excluding hydrogens is 436 g/mol. The van der Waals surface area contributed by atoms with Crippen molar-refractivity contribution in [3.8, 4) is 22.5 Å². The first-order valence-corrected chi connectivity index (χ1v) is 12.7. The zero-order chi connectivity index (χ0) is 23.9. The maximum atomic E-state index is 11.7. The fraction of sp³-hybridized carbons (Fsp3) is 0.345. The molecule has 0 radical (unpaired) electrons. The van der Waals surface area contributed by atoms with Crippen LogP contribution in [0.4, 0.5) is 0 Å². The SMILES string of the molecule is CCCCC1CCc2cnn(-c3cccc(-c4cccc(-n5ncc(C(=O)O)c5C5CC5)c4)c3)c21. The van der Waals surface area contributed by atoms with Gasteiger partial charge in [-0.3, -0.25) is 0 Å². The van der Waals surface area contributed by atoms with Crippen LogP contribution in [-0.4, -0.2) is 30.6 Å². The Kier molecular flexibility index (Phi) is 5.51. The summed E-state index contributed by atoms with van der Waals surface area (Å²) >= 11 is 0. The van der Waals surface area contributed by atoms with Crippen LogP contribution in [0.5, 0.6) is 0 Å². The molecule has 178 valence electrons. The van der Waals surface area contributed by atoms with E-state index in [0.29, 0.717) is 11.5 Å². The van der Waals surface area contributed by atoms with Gasteiger partial charge in [-0.1, -0.05) is 44.0 Å². The first-order valence-electron chi connectivity index (χ1n) is 12.7. The van der Waals surface area contributed by atoms with Crippen LogP contribution in [0.2, 0.25) is 0 Å². The van der Waals surface area contributed by atoms with Crippen molar-refractivity contribution < 1.29 is 9.90 Å². The van der Waals surface area contributed by atoms with Gasteiger partial charge >= 0.3 is 5.97 Å². The third-order valence-electron chi connectivity index (χ3n) is 7.46. The molecule has 0 saturated heterocycles. The molecule has 2 aromatic carbocycles. The molecule has 0 bridgehead atoms. The number of carbonyl (C=O) groups is 1. The Morgan fingerprint density at radius 3 is 2.23 bits per heavy atom. The number of aromatic nitrogens is 4. The van der Waals surface area contributed by atoms with Crippen LogP contribution in [-0.2, 0) is 6.42 Å². The van der Waals surface area contributed by atoms with E-state index in [-0.39, 0.29) is 5.92 Å². The fourth-order valence-corrected chi connectivity index (χ4v) is 5.54. The lowest BCUT2D eigenvalue weighted by Crippen LogP contribution is -2.06. The summed E-state index contributed by atoms with van der Waals surface area (Å²) in [5.74, 6) is -0.0484. The second-order valence-electron chi connectivity index (χ2n) is 9.88. The van der Waals surface area contributed by atoms with Gasteiger partial charge in [0.25, 0.3) is 0 Å². The van der Waals surface area contributed by atoms with E-state index in [2.05, 4.69) is 53.1 Å². The molecule has 2 aromatic heterocycles. The van der Waals surface area contributed by atoms with Crippen LogP contribution in [0.1, 0.15) is 84.6 Å². The highest BCUT2D eigenvalue weighted by Crippen LogP contribution is 2.43. The number of benzene rings is 2. The lowest BCUT2D eigenvalue weighted by molar-refractivity contribution is 0.0695. The second kappa shape index (κ2) is 8.84. The number of rotatable bonds is 8. The Labute approximate surface area is 205 Å². The average molecular weight is 467 g/mol. The van der Waals surface area contributed by atoms with Crippen LogP contribution in [0.3, 0.4) is 0 Å². The molecule has 0 spiro atoms. The van der Waals surface area contributed by atoms with Crippen molar-refractivity contribution >= 4 is 5.97 Å². The molecule has 2 aliphatic rings. The number of aryl methyl sites for hydroxylation is 1. The Morgan fingerprint density at radius 2 is 1.60 bits per heavy atom. The molecule has 4 aromatic rings. The molecule has 1 N–H and O–H groups in total. The predicted octanol–water partition coefficient (Wildman–Crippen LogP) is 6.52. The van der Waals surface area contributed by atoms with Gasteiger partial charge in [-0.25, -0.2) is 14.2 Å². The lowest BCUT2D eigenvalue weighted by atomic mass is 9.99. The molecule has 0 amide bonds. The van der Waals surface area contributed by atoms with Crippen molar-refractivity contribution in [2.24, 2.45) is 0 Å². The molecular formula is C29H30N4O2. The van der Waals surface area contributed by atoms with Crippen molar-refractivity contribution in [1.82, 2.24) is 19.6 Å². The molecule has 6 heteroatoms. The summed E-state index contributed by atoms with van der Waals surface area (Å²) in [5, 5.41) is 18.9. The fourth-order valence-electron chi connectivity index (χ4n) is 5.54. The standard InChI is InChI=1S/C29H30N4O2/c1-2-3-6-19-13-14-23-17-30-32(27(19)23)24-9-4-7-21(15-24)22-8-5-10-25(16-22)33-28(20-11-12-20)26(18-31-33)29(34)35/h4-5,7-10,15-20H,2-3,6,11-14H2,1H3,(H,34,35). The highest BCUT2D eigenvalue weighted by Gasteiger charge is 2.33. The minimum Gasteiger partial charge on any atom is -0.478 e. The molecule has 2 aliphatic carbocycles. The Balaban J connectivity index is 1.36. The first-order chi connectivity index (χ1) is 17.1. The number of aromatic carboxylic acids is 1. The number of carboxylic acid groups (broad SMARTS) is 1. The van der Waals surface area contributed by atoms with Gasteiger partial charge in [-0.2, -0.15) is 10.2 Å². The first kappa shape index (κ1) is 21.8. The van der Waals surface area contributed by atoms with Crippen molar-refractivity contribution in [1.29, 1.82) is 0 Å². The third-order valence-corrected chi connectivity index (χ3v) is 7.46. The largest absolute Gasteiger partial charge is 0.478 e. The predicted molar refractivity (Wildman–Crippen MR) is 136 cm³/mol. The van der Waals surface area contributed by atoms with Crippen molar-refractivity contribution in [3.05, 3.63) is 83.4 Å². The Morgan fingerprint density at radius 1 is 0.943 bits per heavy atom. The van der Waals surface area contributed by atoms with Gasteiger partial charge in [0, 0.05) is 11.8 Å².